The average molecular weight is 796 g/mol. The number of carboxylic acids is 1. The third-order valence-corrected chi connectivity index (χ3v) is 9.70. The van der Waals surface area contributed by atoms with Crippen molar-refractivity contribution in [1.82, 2.24) is 25.3 Å². The number of hydrogen-bond donors (Lipinski definition) is 5. The number of nitrogens with two attached hydrogens (primary N) is 1. The number of ketones is 2. The first kappa shape index (κ1) is 41.4. The number of amides is 1. The van der Waals surface area contributed by atoms with Crippen LogP contribution in [0.1, 0.15) is 62.9 Å². The number of Topliss-reactive ketones (excluding diaryl/α,β-unsaturated/α-hetero) is 2. The first-order chi connectivity index (χ1) is 27.4. The lowest BCUT2D eigenvalue weighted by molar-refractivity contribution is -0.139. The lowest BCUT2D eigenvalue weighted by Crippen LogP contribution is -2.41. The number of nitrogen functional groups attached to an aromatic ring is 1. The number of anilines is 2. The van der Waals surface area contributed by atoms with E-state index >= 15 is 0 Å². The second-order valence-corrected chi connectivity index (χ2v) is 14.0. The van der Waals surface area contributed by atoms with Crippen LogP contribution in [0.3, 0.4) is 0 Å². The van der Waals surface area contributed by atoms with Crippen LogP contribution >= 0.6 is 7.82 Å². The molecule has 0 aliphatic heterocycles. The number of aromatic nitrogens is 4. The van der Waals surface area contributed by atoms with E-state index in [0.29, 0.717) is 33.6 Å². The fraction of sp³-hybridized carbons (Fsp3) is 0.231. The summed E-state index contributed by atoms with van der Waals surface area (Å²) in [5.74, 6) is -2.56. The fourth-order valence-electron chi connectivity index (χ4n) is 5.54. The molecule has 2 aromatic heterocycles. The number of H-pyrrole nitrogens is 1. The first-order valence-corrected chi connectivity index (χ1v) is 19.0. The van der Waals surface area contributed by atoms with E-state index in [1.807, 2.05) is 6.11 Å². The van der Waals surface area contributed by atoms with Crippen molar-refractivity contribution >= 4 is 54.1 Å². The summed E-state index contributed by atoms with van der Waals surface area (Å²) in [7, 11) is -3.91. The molecule has 0 saturated heterocycles. The second-order valence-electron chi connectivity index (χ2n) is 12.5. The number of fused-ring (bicyclic) bond motifs is 1. The van der Waals surface area contributed by atoms with Crippen LogP contribution in [-0.2, 0) is 53.7 Å². The van der Waals surface area contributed by atoms with Crippen LogP contribution in [0.4, 0.5) is 11.6 Å². The van der Waals surface area contributed by atoms with Gasteiger partial charge >= 0.3 is 13.8 Å². The van der Waals surface area contributed by atoms with Gasteiger partial charge in [-0.1, -0.05) is 55.0 Å². The summed E-state index contributed by atoms with van der Waals surface area (Å²) in [6, 6.07) is 18.4. The maximum absolute atomic E-state index is 13.3. The van der Waals surface area contributed by atoms with E-state index in [-0.39, 0.29) is 79.7 Å². The van der Waals surface area contributed by atoms with E-state index in [1.165, 1.54) is 18.3 Å². The molecule has 1 amide bonds. The Labute approximate surface area is 326 Å². The van der Waals surface area contributed by atoms with E-state index in [2.05, 4.69) is 35.1 Å². The molecule has 0 aliphatic carbocycles. The molecule has 5 rings (SSSR count). The number of nitrogens with one attached hydrogen (secondary N) is 3. The number of phosphoric ester groups is 1. The Balaban J connectivity index is 1.11. The van der Waals surface area contributed by atoms with Gasteiger partial charge in [-0.3, -0.25) is 33.2 Å². The van der Waals surface area contributed by atoms with Crippen LogP contribution in [0, 0.1) is 12.5 Å². The number of terminal acetylenes is 1. The highest BCUT2D eigenvalue weighted by Crippen LogP contribution is 2.49. The molecule has 0 bridgehead atoms. The molecule has 18 heteroatoms. The van der Waals surface area contributed by atoms with Gasteiger partial charge in [-0.15, -0.1) is 0 Å². The van der Waals surface area contributed by atoms with Gasteiger partial charge in [0.2, 0.25) is 5.95 Å². The lowest BCUT2D eigenvalue weighted by atomic mass is 9.94. The number of benzene rings is 3. The third kappa shape index (κ3) is 11.6. The van der Waals surface area contributed by atoms with Gasteiger partial charge in [0.15, 0.2) is 16.9 Å². The summed E-state index contributed by atoms with van der Waals surface area (Å²) in [6.07, 6.45) is 7.92. The van der Waals surface area contributed by atoms with Crippen molar-refractivity contribution in [3.63, 3.8) is 0 Å². The van der Waals surface area contributed by atoms with E-state index in [0.717, 1.165) is 0 Å². The summed E-state index contributed by atoms with van der Waals surface area (Å²) in [6.45, 7) is 1.78. The predicted octanol–water partition coefficient (Wildman–Crippen LogP) is 4.38. The molecule has 0 spiro atoms. The Morgan fingerprint density at radius 2 is 1.70 bits per heavy atom. The van der Waals surface area contributed by atoms with Gasteiger partial charge in [0.1, 0.15) is 17.9 Å². The Morgan fingerprint density at radius 3 is 2.40 bits per heavy atom. The summed E-state index contributed by atoms with van der Waals surface area (Å²) < 4.78 is 27.4. The number of aliphatic carboxylic acids is 1. The van der Waals surface area contributed by atoms with Crippen molar-refractivity contribution < 1.29 is 42.4 Å². The number of carboxylic acid groups (broad SMARTS) is 1. The average Bonchev–Trinajstić information content (AvgIpc) is 3.19. The molecule has 6 N–H and O–H groups in total. The number of carbonyl (C=O) groups is 4. The SMILES string of the molecule is C#COP(=O)(OCC)OCc1ccc(CC(=O)c2ccccc2CC(=O)CC[C@H](NC(=O)c2ccc(NCc3cnc4nc(N)[nH]c(=O)c4n3)cc2)C(=O)O)cc1. The van der Waals surface area contributed by atoms with E-state index in [4.69, 9.17) is 21.2 Å². The highest BCUT2D eigenvalue weighted by atomic mass is 31.2. The molecule has 2 heterocycles. The largest absolute Gasteiger partial charge is 0.538 e. The molecule has 0 fully saturated rings. The number of rotatable bonds is 20. The zero-order chi connectivity index (χ0) is 41.0. The number of carbonyl (C=O) groups excluding carboxylic acids is 3. The summed E-state index contributed by atoms with van der Waals surface area (Å²) in [5.41, 5.74) is 8.59. The number of nitrogens with zero attached hydrogens (tertiary/aromatic N) is 3. The fourth-order valence-corrected chi connectivity index (χ4v) is 6.47. The van der Waals surface area contributed by atoms with Crippen LogP contribution in [0.5, 0.6) is 0 Å². The lowest BCUT2D eigenvalue weighted by Gasteiger charge is -2.15. The summed E-state index contributed by atoms with van der Waals surface area (Å²) in [5, 5.41) is 15.4. The van der Waals surface area contributed by atoms with Gasteiger partial charge in [-0.2, -0.15) is 4.98 Å². The monoisotopic (exact) mass is 795 g/mol. The van der Waals surface area contributed by atoms with Gasteiger partial charge in [-0.25, -0.2) is 19.3 Å². The number of phosphoric acid groups is 1. The number of hydrogen-bond acceptors (Lipinski definition) is 14. The molecule has 3 aromatic carbocycles. The smallest absolute Gasteiger partial charge is 0.480 e. The summed E-state index contributed by atoms with van der Waals surface area (Å²) in [4.78, 5) is 78.2. The van der Waals surface area contributed by atoms with Gasteiger partial charge in [0, 0.05) is 36.1 Å². The van der Waals surface area contributed by atoms with Crippen LogP contribution in [0.15, 0.2) is 83.8 Å². The van der Waals surface area contributed by atoms with E-state index in [9.17, 15) is 33.6 Å². The maximum atomic E-state index is 13.3. The molecule has 17 nitrogen and oxygen atoms in total. The van der Waals surface area contributed by atoms with Gasteiger partial charge in [0.05, 0.1) is 31.6 Å². The molecule has 1 unspecified atom stereocenters. The van der Waals surface area contributed by atoms with Crippen molar-refractivity contribution in [2.45, 2.75) is 51.8 Å². The predicted molar refractivity (Wildman–Crippen MR) is 208 cm³/mol. The minimum atomic E-state index is -3.91. The van der Waals surface area contributed by atoms with E-state index in [1.54, 1.807) is 67.6 Å². The van der Waals surface area contributed by atoms with E-state index < -0.39 is 31.3 Å². The highest BCUT2D eigenvalue weighted by Gasteiger charge is 2.27. The molecule has 294 valence electrons. The first-order valence-electron chi connectivity index (χ1n) is 17.5. The zero-order valence-corrected chi connectivity index (χ0v) is 31.5. The van der Waals surface area contributed by atoms with Crippen molar-refractivity contribution in [2.75, 3.05) is 17.7 Å². The van der Waals surface area contributed by atoms with Crippen LogP contribution < -0.4 is 21.9 Å². The molecule has 2 atom stereocenters. The molecule has 57 heavy (non-hydrogen) atoms. The third-order valence-electron chi connectivity index (χ3n) is 8.36. The molecule has 0 radical (unpaired) electrons. The van der Waals surface area contributed by atoms with Crippen LogP contribution in [0.25, 0.3) is 11.2 Å². The molecular weight excluding hydrogens is 757 g/mol. The standard InChI is InChI=1S/C39H38N7O10P/c1-3-54-57(53,55-4-2)56-23-25-11-9-24(10-12-25)19-33(48)31-8-6-5-7-27(31)20-30(47)17-18-32(38(51)52)44-36(49)26-13-15-28(16-14-26)41-21-29-22-42-35-34(43-29)37(50)46-39(40)45-35/h1,5-16,22,32,41H,4,17-21,23H2,2H3,(H,44,49)(H,51,52)(H3,40,42,45,46,50)/t32-,57?/m0/s1. The topological polar surface area (TPSA) is 255 Å². The Bertz CT molecular complexity index is 2410. The molecule has 0 aliphatic rings. The Kier molecular flexibility index (Phi) is 14.0. The summed E-state index contributed by atoms with van der Waals surface area (Å²) >= 11 is 0. The molecular formula is C39H38N7O10P. The number of aromatic amines is 1. The van der Waals surface area contributed by atoms with Gasteiger partial charge < -0.3 is 26.0 Å². The quantitative estimate of drug-likeness (QED) is 0.0416. The van der Waals surface area contributed by atoms with Gasteiger partial charge in [-0.05, 0) is 54.3 Å². The second kappa shape index (κ2) is 19.2. The highest BCUT2D eigenvalue weighted by molar-refractivity contribution is 7.48. The molecule has 5 aromatic rings. The van der Waals surface area contributed by atoms with Crippen molar-refractivity contribution in [2.24, 2.45) is 0 Å². The van der Waals surface area contributed by atoms with Crippen molar-refractivity contribution in [3.05, 3.63) is 123 Å². The molecule has 0 saturated carbocycles. The minimum Gasteiger partial charge on any atom is -0.480 e. The van der Waals surface area contributed by atoms with Gasteiger partial charge in [0.25, 0.3) is 11.5 Å². The van der Waals surface area contributed by atoms with Crippen LogP contribution in [0.2, 0.25) is 0 Å². The Morgan fingerprint density at radius 1 is 0.982 bits per heavy atom. The zero-order valence-electron chi connectivity index (χ0n) is 30.6. The Hall–Kier alpha value is -6.73. The van der Waals surface area contributed by atoms with Crippen LogP contribution in [-0.4, -0.2) is 61.1 Å². The normalized spacial score (nSPS) is 12.5. The maximum Gasteiger partial charge on any atom is 0.538 e. The minimum absolute atomic E-state index is 0.0315. The van der Waals surface area contributed by atoms with Crippen molar-refractivity contribution in [1.29, 1.82) is 0 Å². The van der Waals surface area contributed by atoms with Crippen molar-refractivity contribution in [3.8, 4) is 12.5 Å².